The fourth-order valence-corrected chi connectivity index (χ4v) is 3.10. The number of hydrogen-bond donors (Lipinski definition) is 1. The smallest absolute Gasteiger partial charge is 0.222 e. The Labute approximate surface area is 136 Å². The van der Waals surface area contributed by atoms with Crippen LogP contribution in [0.5, 0.6) is 0 Å². The van der Waals surface area contributed by atoms with E-state index in [2.05, 4.69) is 29.2 Å². The molecular weight excluding hydrogens is 290 g/mol. The van der Waals surface area contributed by atoms with E-state index in [1.165, 1.54) is 0 Å². The summed E-state index contributed by atoms with van der Waals surface area (Å²) in [4.78, 5) is 18.6. The molecule has 0 bridgehead atoms. The van der Waals surface area contributed by atoms with Gasteiger partial charge in [0.15, 0.2) is 5.82 Å². The molecular formula is C17H25N5O. The maximum absolute atomic E-state index is 12.1. The molecule has 1 amide bonds. The first-order chi connectivity index (χ1) is 11.0. The zero-order valence-corrected chi connectivity index (χ0v) is 14.1. The van der Waals surface area contributed by atoms with E-state index in [0.717, 1.165) is 43.0 Å². The van der Waals surface area contributed by atoms with Crippen LogP contribution in [0.1, 0.15) is 38.8 Å². The molecule has 3 rings (SSSR count). The number of anilines is 1. The van der Waals surface area contributed by atoms with Crippen molar-refractivity contribution < 1.29 is 4.79 Å². The molecule has 0 atom stereocenters. The molecule has 0 spiro atoms. The Kier molecular flexibility index (Phi) is 4.50. The molecule has 1 aliphatic heterocycles. The third-order valence-corrected chi connectivity index (χ3v) is 4.28. The molecule has 0 radical (unpaired) electrons. The standard InChI is InChI=1S/C17H25N5O/c1-12(2)10-16(23)21-7-4-14(5-8-21)19-17-15-11-13(3)20-22(15)9-6-18-17/h6,9,11-12,14H,4-5,7-8,10H2,1-3H3,(H,18,19). The summed E-state index contributed by atoms with van der Waals surface area (Å²) in [7, 11) is 0. The van der Waals surface area contributed by atoms with Crippen LogP contribution in [0, 0.1) is 12.8 Å². The van der Waals surface area contributed by atoms with E-state index in [-0.39, 0.29) is 5.91 Å². The lowest BCUT2D eigenvalue weighted by Gasteiger charge is -2.33. The number of fused-ring (bicyclic) bond motifs is 1. The van der Waals surface area contributed by atoms with Crippen molar-refractivity contribution >= 4 is 17.2 Å². The van der Waals surface area contributed by atoms with Crippen molar-refractivity contribution in [3.63, 3.8) is 0 Å². The Morgan fingerprint density at radius 3 is 2.83 bits per heavy atom. The van der Waals surface area contributed by atoms with Crippen LogP contribution >= 0.6 is 0 Å². The van der Waals surface area contributed by atoms with Gasteiger partial charge in [-0.3, -0.25) is 4.79 Å². The summed E-state index contributed by atoms with van der Waals surface area (Å²) in [6.45, 7) is 7.81. The van der Waals surface area contributed by atoms with Gasteiger partial charge in [0.1, 0.15) is 5.52 Å². The topological polar surface area (TPSA) is 62.5 Å². The molecule has 0 aliphatic carbocycles. The van der Waals surface area contributed by atoms with Crippen LogP contribution in [0.2, 0.25) is 0 Å². The Balaban J connectivity index is 1.61. The number of hydrogen-bond acceptors (Lipinski definition) is 4. The zero-order chi connectivity index (χ0) is 16.4. The van der Waals surface area contributed by atoms with Crippen molar-refractivity contribution in [2.24, 2.45) is 5.92 Å². The van der Waals surface area contributed by atoms with Gasteiger partial charge in [0.25, 0.3) is 0 Å². The van der Waals surface area contributed by atoms with E-state index in [4.69, 9.17) is 0 Å². The fourth-order valence-electron chi connectivity index (χ4n) is 3.10. The minimum absolute atomic E-state index is 0.282. The van der Waals surface area contributed by atoms with E-state index < -0.39 is 0 Å². The molecule has 3 heterocycles. The predicted octanol–water partition coefficient (Wildman–Crippen LogP) is 2.49. The number of carbonyl (C=O) groups is 1. The maximum Gasteiger partial charge on any atom is 0.222 e. The second-order valence-electron chi connectivity index (χ2n) is 6.79. The Morgan fingerprint density at radius 2 is 2.13 bits per heavy atom. The minimum atomic E-state index is 0.282. The van der Waals surface area contributed by atoms with Crippen LogP contribution < -0.4 is 5.32 Å². The van der Waals surface area contributed by atoms with Gasteiger partial charge in [-0.15, -0.1) is 0 Å². The summed E-state index contributed by atoms with van der Waals surface area (Å²) in [5.74, 6) is 1.58. The van der Waals surface area contributed by atoms with Gasteiger partial charge in [0.05, 0.1) is 5.69 Å². The molecule has 2 aromatic rings. The number of aryl methyl sites for hydroxylation is 1. The van der Waals surface area contributed by atoms with Crippen molar-refractivity contribution in [2.75, 3.05) is 18.4 Å². The highest BCUT2D eigenvalue weighted by Crippen LogP contribution is 2.20. The SMILES string of the molecule is Cc1cc2c(NC3CCN(C(=O)CC(C)C)CC3)nccn2n1. The highest BCUT2D eigenvalue weighted by atomic mass is 16.2. The number of aromatic nitrogens is 3. The number of nitrogens with one attached hydrogen (secondary N) is 1. The average molecular weight is 315 g/mol. The van der Waals surface area contributed by atoms with E-state index >= 15 is 0 Å². The van der Waals surface area contributed by atoms with Gasteiger partial charge >= 0.3 is 0 Å². The fraction of sp³-hybridized carbons (Fsp3) is 0.588. The summed E-state index contributed by atoms with van der Waals surface area (Å²) < 4.78 is 1.85. The molecule has 2 aromatic heterocycles. The lowest BCUT2D eigenvalue weighted by atomic mass is 10.0. The van der Waals surface area contributed by atoms with Gasteiger partial charge in [-0.25, -0.2) is 9.50 Å². The van der Waals surface area contributed by atoms with Crippen LogP contribution in [0.25, 0.3) is 5.52 Å². The van der Waals surface area contributed by atoms with E-state index in [9.17, 15) is 4.79 Å². The molecule has 23 heavy (non-hydrogen) atoms. The van der Waals surface area contributed by atoms with E-state index in [1.807, 2.05) is 28.6 Å². The van der Waals surface area contributed by atoms with Crippen LogP contribution in [-0.2, 0) is 4.79 Å². The largest absolute Gasteiger partial charge is 0.365 e. The van der Waals surface area contributed by atoms with E-state index in [0.29, 0.717) is 18.4 Å². The highest BCUT2D eigenvalue weighted by Gasteiger charge is 2.23. The van der Waals surface area contributed by atoms with Gasteiger partial charge in [-0.1, -0.05) is 13.8 Å². The number of amides is 1. The third-order valence-electron chi connectivity index (χ3n) is 4.28. The first-order valence-electron chi connectivity index (χ1n) is 8.38. The first kappa shape index (κ1) is 15.8. The highest BCUT2D eigenvalue weighted by molar-refractivity contribution is 5.76. The lowest BCUT2D eigenvalue weighted by molar-refractivity contribution is -0.132. The van der Waals surface area contributed by atoms with Crippen LogP contribution in [0.3, 0.4) is 0 Å². The lowest BCUT2D eigenvalue weighted by Crippen LogP contribution is -2.42. The number of nitrogens with zero attached hydrogens (tertiary/aromatic N) is 4. The maximum atomic E-state index is 12.1. The second-order valence-corrected chi connectivity index (χ2v) is 6.79. The van der Waals surface area contributed by atoms with Crippen molar-refractivity contribution in [2.45, 2.75) is 46.1 Å². The third kappa shape index (κ3) is 3.63. The summed E-state index contributed by atoms with van der Waals surface area (Å²) in [6, 6.07) is 2.39. The van der Waals surface area contributed by atoms with Crippen LogP contribution in [0.4, 0.5) is 5.82 Å². The molecule has 1 N–H and O–H groups in total. The Hall–Kier alpha value is -2.11. The second kappa shape index (κ2) is 6.56. The number of likely N-dealkylation sites (tertiary alicyclic amines) is 1. The van der Waals surface area contributed by atoms with Gasteiger partial charge in [-0.2, -0.15) is 5.10 Å². The molecule has 124 valence electrons. The predicted molar refractivity (Wildman–Crippen MR) is 90.4 cm³/mol. The van der Waals surface area contributed by atoms with Crippen LogP contribution in [-0.4, -0.2) is 44.5 Å². The van der Waals surface area contributed by atoms with Gasteiger partial charge in [0, 0.05) is 37.9 Å². The molecule has 6 nitrogen and oxygen atoms in total. The quantitative estimate of drug-likeness (QED) is 0.941. The van der Waals surface area contributed by atoms with Crippen molar-refractivity contribution in [3.8, 4) is 0 Å². The molecule has 0 aromatic carbocycles. The zero-order valence-electron chi connectivity index (χ0n) is 14.1. The Bertz CT molecular complexity index is 685. The Morgan fingerprint density at radius 1 is 1.39 bits per heavy atom. The molecule has 1 saturated heterocycles. The summed E-state index contributed by atoms with van der Waals surface area (Å²) in [6.07, 6.45) is 6.19. The molecule has 1 aliphatic rings. The monoisotopic (exact) mass is 315 g/mol. The van der Waals surface area contributed by atoms with Gasteiger partial charge < -0.3 is 10.2 Å². The summed E-state index contributed by atoms with van der Waals surface area (Å²) >= 11 is 0. The van der Waals surface area contributed by atoms with Crippen molar-refractivity contribution in [3.05, 3.63) is 24.2 Å². The van der Waals surface area contributed by atoms with Crippen molar-refractivity contribution in [1.29, 1.82) is 0 Å². The number of piperidine rings is 1. The van der Waals surface area contributed by atoms with Gasteiger partial charge in [-0.05, 0) is 31.7 Å². The normalized spacial score (nSPS) is 16.3. The molecule has 1 fully saturated rings. The first-order valence-corrected chi connectivity index (χ1v) is 8.38. The molecule has 6 heteroatoms. The van der Waals surface area contributed by atoms with Crippen LogP contribution in [0.15, 0.2) is 18.5 Å². The summed E-state index contributed by atoms with van der Waals surface area (Å²) in [5, 5.41) is 7.94. The van der Waals surface area contributed by atoms with Crippen molar-refractivity contribution in [1.82, 2.24) is 19.5 Å². The van der Waals surface area contributed by atoms with E-state index in [1.54, 1.807) is 6.20 Å². The average Bonchev–Trinajstić information content (AvgIpc) is 2.88. The van der Waals surface area contributed by atoms with Gasteiger partial charge in [0.2, 0.25) is 5.91 Å². The number of carbonyl (C=O) groups excluding carboxylic acids is 1. The molecule has 0 saturated carbocycles. The molecule has 0 unspecified atom stereocenters. The summed E-state index contributed by atoms with van der Waals surface area (Å²) in [5.41, 5.74) is 1.98. The minimum Gasteiger partial charge on any atom is -0.365 e. The number of rotatable bonds is 4.